The normalized spacial score (nSPS) is 17.4. The number of ether oxygens (including phenoxy) is 2. The molecule has 1 atom stereocenters. The highest BCUT2D eigenvalue weighted by molar-refractivity contribution is 5.95. The fraction of sp³-hybridized carbons (Fsp3) is 0.556. The lowest BCUT2D eigenvalue weighted by Gasteiger charge is -2.17. The van der Waals surface area contributed by atoms with E-state index in [-0.39, 0.29) is 24.5 Å². The highest BCUT2D eigenvalue weighted by Crippen LogP contribution is 2.19. The smallest absolute Gasteiger partial charge is 0.243 e. The third kappa shape index (κ3) is 5.85. The van der Waals surface area contributed by atoms with Gasteiger partial charge >= 0.3 is 0 Å². The standard InChI is InChI=1S/C18H26N2O4/c1-18(2,3)17(22)19-11-16(21)20-13-6-4-7-14(10-13)24-12-15-8-5-9-23-15/h4,6-7,10,15H,5,8-9,11-12H2,1-3H3,(H,19,22)(H,20,21). The second kappa shape index (κ2) is 8.15. The van der Waals surface area contributed by atoms with E-state index in [4.69, 9.17) is 9.47 Å². The van der Waals surface area contributed by atoms with Gasteiger partial charge in [0.1, 0.15) is 12.4 Å². The van der Waals surface area contributed by atoms with Gasteiger partial charge in [0.25, 0.3) is 0 Å². The molecule has 1 saturated heterocycles. The highest BCUT2D eigenvalue weighted by atomic mass is 16.5. The Labute approximate surface area is 142 Å². The molecule has 2 rings (SSSR count). The molecule has 2 N–H and O–H groups in total. The average molecular weight is 334 g/mol. The Bertz CT molecular complexity index is 575. The van der Waals surface area contributed by atoms with Crippen LogP contribution in [0.15, 0.2) is 24.3 Å². The van der Waals surface area contributed by atoms with Crippen LogP contribution in [-0.4, -0.2) is 37.7 Å². The summed E-state index contributed by atoms with van der Waals surface area (Å²) in [6.07, 6.45) is 2.24. The molecule has 2 amide bonds. The van der Waals surface area contributed by atoms with Gasteiger partial charge in [-0.25, -0.2) is 0 Å². The van der Waals surface area contributed by atoms with Gasteiger partial charge in [0, 0.05) is 23.8 Å². The number of carbonyl (C=O) groups excluding carboxylic acids is 2. The predicted octanol–water partition coefficient (Wildman–Crippen LogP) is 2.35. The molecule has 24 heavy (non-hydrogen) atoms. The number of hydrogen-bond donors (Lipinski definition) is 2. The highest BCUT2D eigenvalue weighted by Gasteiger charge is 2.21. The fourth-order valence-electron chi connectivity index (χ4n) is 2.26. The van der Waals surface area contributed by atoms with Gasteiger partial charge in [-0.05, 0) is 25.0 Å². The molecule has 6 heteroatoms. The van der Waals surface area contributed by atoms with Crippen LogP contribution in [0.1, 0.15) is 33.6 Å². The number of rotatable bonds is 6. The van der Waals surface area contributed by atoms with E-state index < -0.39 is 5.41 Å². The van der Waals surface area contributed by atoms with Crippen LogP contribution < -0.4 is 15.4 Å². The Hall–Kier alpha value is -2.08. The molecule has 0 aromatic heterocycles. The van der Waals surface area contributed by atoms with Gasteiger partial charge in [-0.3, -0.25) is 9.59 Å². The van der Waals surface area contributed by atoms with Crippen molar-refractivity contribution in [2.24, 2.45) is 5.41 Å². The lowest BCUT2D eigenvalue weighted by Crippen LogP contribution is -2.39. The molecule has 0 aliphatic carbocycles. The first-order valence-electron chi connectivity index (χ1n) is 8.27. The summed E-state index contributed by atoms with van der Waals surface area (Å²) in [5, 5.41) is 5.37. The van der Waals surface area contributed by atoms with Gasteiger partial charge in [0.15, 0.2) is 0 Å². The Kier molecular flexibility index (Phi) is 6.20. The molecule has 1 aliphatic heterocycles. The van der Waals surface area contributed by atoms with Crippen molar-refractivity contribution in [1.82, 2.24) is 5.32 Å². The Morgan fingerprint density at radius 2 is 2.12 bits per heavy atom. The molecule has 0 spiro atoms. The molecule has 0 saturated carbocycles. The van der Waals surface area contributed by atoms with Crippen molar-refractivity contribution < 1.29 is 19.1 Å². The molecule has 0 bridgehead atoms. The third-order valence-corrected chi connectivity index (χ3v) is 3.67. The van der Waals surface area contributed by atoms with Gasteiger partial charge < -0.3 is 20.1 Å². The lowest BCUT2D eigenvalue weighted by molar-refractivity contribution is -0.130. The summed E-state index contributed by atoms with van der Waals surface area (Å²) in [4.78, 5) is 23.7. The van der Waals surface area contributed by atoms with Gasteiger partial charge in [-0.1, -0.05) is 26.8 Å². The molecule has 132 valence electrons. The van der Waals surface area contributed by atoms with E-state index in [1.807, 2.05) is 12.1 Å². The van der Waals surface area contributed by atoms with Gasteiger partial charge in [-0.2, -0.15) is 0 Å². The first-order valence-corrected chi connectivity index (χ1v) is 8.27. The van der Waals surface area contributed by atoms with Gasteiger partial charge in [0.05, 0.1) is 12.6 Å². The summed E-state index contributed by atoms with van der Waals surface area (Å²) in [5.74, 6) is 0.247. The monoisotopic (exact) mass is 334 g/mol. The molecule has 1 aromatic rings. The van der Waals surface area contributed by atoms with Crippen LogP contribution in [0.5, 0.6) is 5.75 Å². The maximum Gasteiger partial charge on any atom is 0.243 e. The molecule has 1 aliphatic rings. The zero-order valence-corrected chi connectivity index (χ0v) is 14.6. The summed E-state index contributed by atoms with van der Waals surface area (Å²) in [7, 11) is 0. The molecule has 1 heterocycles. The summed E-state index contributed by atoms with van der Waals surface area (Å²) in [6.45, 7) is 6.65. The largest absolute Gasteiger partial charge is 0.491 e. The zero-order chi connectivity index (χ0) is 17.6. The third-order valence-electron chi connectivity index (χ3n) is 3.67. The minimum Gasteiger partial charge on any atom is -0.491 e. The second-order valence-corrected chi connectivity index (χ2v) is 6.95. The van der Waals surface area contributed by atoms with Crippen molar-refractivity contribution in [3.05, 3.63) is 24.3 Å². The summed E-state index contributed by atoms with van der Waals surface area (Å²) >= 11 is 0. The SMILES string of the molecule is CC(C)(C)C(=O)NCC(=O)Nc1cccc(OCC2CCCO2)c1. The Morgan fingerprint density at radius 3 is 2.79 bits per heavy atom. The average Bonchev–Trinajstić information content (AvgIpc) is 3.03. The van der Waals surface area contributed by atoms with Gasteiger partial charge in [-0.15, -0.1) is 0 Å². The van der Waals surface area contributed by atoms with Crippen molar-refractivity contribution in [2.45, 2.75) is 39.7 Å². The number of hydrogen-bond acceptors (Lipinski definition) is 4. The minimum atomic E-state index is -0.518. The fourth-order valence-corrected chi connectivity index (χ4v) is 2.26. The molecule has 1 aromatic carbocycles. The van der Waals surface area contributed by atoms with E-state index in [2.05, 4.69) is 10.6 Å². The van der Waals surface area contributed by atoms with E-state index in [1.165, 1.54) is 0 Å². The lowest BCUT2D eigenvalue weighted by atomic mass is 9.96. The van der Waals surface area contributed by atoms with Crippen LogP contribution in [0.3, 0.4) is 0 Å². The van der Waals surface area contributed by atoms with Gasteiger partial charge in [0.2, 0.25) is 11.8 Å². The quantitative estimate of drug-likeness (QED) is 0.837. The molecule has 1 unspecified atom stereocenters. The minimum absolute atomic E-state index is 0.0584. The Morgan fingerprint density at radius 1 is 1.33 bits per heavy atom. The first kappa shape index (κ1) is 18.3. The van der Waals surface area contributed by atoms with E-state index >= 15 is 0 Å². The van der Waals surface area contributed by atoms with Crippen LogP contribution in [0.25, 0.3) is 0 Å². The number of amides is 2. The van der Waals surface area contributed by atoms with Crippen molar-refractivity contribution in [3.63, 3.8) is 0 Å². The first-order chi connectivity index (χ1) is 11.3. The maximum atomic E-state index is 11.9. The van der Waals surface area contributed by atoms with Crippen LogP contribution in [0, 0.1) is 5.41 Å². The number of benzene rings is 1. The van der Waals surface area contributed by atoms with E-state index in [1.54, 1.807) is 32.9 Å². The summed E-state index contributed by atoms with van der Waals surface area (Å²) < 4.78 is 11.2. The van der Waals surface area contributed by atoms with Crippen molar-refractivity contribution >= 4 is 17.5 Å². The number of anilines is 1. The van der Waals surface area contributed by atoms with Crippen molar-refractivity contribution in [1.29, 1.82) is 0 Å². The molecule has 0 radical (unpaired) electrons. The maximum absolute atomic E-state index is 11.9. The second-order valence-electron chi connectivity index (χ2n) is 6.95. The van der Waals surface area contributed by atoms with E-state index in [0.717, 1.165) is 19.4 Å². The Balaban J connectivity index is 1.80. The van der Waals surface area contributed by atoms with Crippen LogP contribution in [-0.2, 0) is 14.3 Å². The zero-order valence-electron chi connectivity index (χ0n) is 14.6. The molecule has 6 nitrogen and oxygen atoms in total. The number of nitrogens with one attached hydrogen (secondary N) is 2. The van der Waals surface area contributed by atoms with Crippen LogP contribution >= 0.6 is 0 Å². The molecular formula is C18H26N2O4. The predicted molar refractivity (Wildman–Crippen MR) is 92.0 cm³/mol. The number of carbonyl (C=O) groups is 2. The van der Waals surface area contributed by atoms with E-state index in [0.29, 0.717) is 18.0 Å². The van der Waals surface area contributed by atoms with E-state index in [9.17, 15) is 9.59 Å². The molecule has 1 fully saturated rings. The van der Waals surface area contributed by atoms with Crippen LogP contribution in [0.2, 0.25) is 0 Å². The van der Waals surface area contributed by atoms with Crippen LogP contribution in [0.4, 0.5) is 5.69 Å². The molecular weight excluding hydrogens is 308 g/mol. The van der Waals surface area contributed by atoms with Crippen molar-refractivity contribution in [2.75, 3.05) is 25.1 Å². The topological polar surface area (TPSA) is 76.7 Å². The van der Waals surface area contributed by atoms with Crippen molar-refractivity contribution in [3.8, 4) is 5.75 Å². The summed E-state index contributed by atoms with van der Waals surface area (Å²) in [6, 6.07) is 7.20. The summed E-state index contributed by atoms with van der Waals surface area (Å²) in [5.41, 5.74) is 0.117.